The minimum atomic E-state index is 0. The number of nitrogens with zero attached hydrogens (tertiary/aromatic N) is 2. The van der Waals surface area contributed by atoms with E-state index in [1.165, 1.54) is 107 Å². The molecule has 3 heteroatoms. The van der Waals surface area contributed by atoms with E-state index in [0.29, 0.717) is 0 Å². The lowest BCUT2D eigenvalue weighted by atomic mass is 10.0. The normalized spacial score (nSPS) is 10.9. The smallest absolute Gasteiger partial charge is 0.205 e. The first-order chi connectivity index (χ1) is 14.7. The van der Waals surface area contributed by atoms with Crippen LogP contribution in [0.3, 0.4) is 0 Å². The Labute approximate surface area is 203 Å². The highest BCUT2D eigenvalue weighted by Gasteiger charge is 2.17. The van der Waals surface area contributed by atoms with Crippen LogP contribution in [-0.4, -0.2) is 4.68 Å². The van der Waals surface area contributed by atoms with Gasteiger partial charge in [0.15, 0.2) is 6.54 Å². The highest BCUT2D eigenvalue weighted by atomic mass is 79.9. The van der Waals surface area contributed by atoms with Gasteiger partial charge in [0.1, 0.15) is 0 Å². The van der Waals surface area contributed by atoms with Crippen molar-refractivity contribution in [1.29, 1.82) is 0 Å². The summed E-state index contributed by atoms with van der Waals surface area (Å²) in [5, 5.41) is 0. The molecule has 0 bridgehead atoms. The molecule has 2 nitrogen and oxygen atoms in total. The predicted molar refractivity (Wildman–Crippen MR) is 130 cm³/mol. The lowest BCUT2D eigenvalue weighted by molar-refractivity contribution is -0.773. The van der Waals surface area contributed by atoms with Gasteiger partial charge in [-0.15, -0.1) is 4.68 Å². The molecule has 0 radical (unpaired) electrons. The van der Waals surface area contributed by atoms with Crippen molar-refractivity contribution in [3.05, 3.63) is 53.3 Å². The molecule has 1 heterocycles. The van der Waals surface area contributed by atoms with E-state index in [-0.39, 0.29) is 17.0 Å². The van der Waals surface area contributed by atoms with Crippen molar-refractivity contribution in [2.75, 3.05) is 0 Å². The van der Waals surface area contributed by atoms with Crippen LogP contribution in [0.25, 0.3) is 0 Å². The minimum Gasteiger partial charge on any atom is -1.00 e. The van der Waals surface area contributed by atoms with Crippen molar-refractivity contribution in [1.82, 2.24) is 4.68 Å². The molecular formula is C28H47BrN2. The van der Waals surface area contributed by atoms with Crippen LogP contribution in [0, 0.1) is 13.8 Å². The third kappa shape index (κ3) is 11.4. The van der Waals surface area contributed by atoms with Crippen LogP contribution in [0.5, 0.6) is 0 Å². The molecule has 1 aromatic carbocycles. The van der Waals surface area contributed by atoms with Crippen LogP contribution >= 0.6 is 0 Å². The molecule has 0 fully saturated rings. The summed E-state index contributed by atoms with van der Waals surface area (Å²) in [4.78, 5) is 0. The van der Waals surface area contributed by atoms with Crippen LogP contribution in [-0.2, 0) is 13.1 Å². The van der Waals surface area contributed by atoms with Gasteiger partial charge >= 0.3 is 0 Å². The van der Waals surface area contributed by atoms with Gasteiger partial charge in [-0.1, -0.05) is 121 Å². The van der Waals surface area contributed by atoms with Crippen LogP contribution in [0.2, 0.25) is 0 Å². The lowest BCUT2D eigenvalue weighted by Crippen LogP contribution is -3.00. The highest BCUT2D eigenvalue weighted by Crippen LogP contribution is 2.13. The van der Waals surface area contributed by atoms with Gasteiger partial charge in [-0.05, 0) is 13.3 Å². The first-order valence-electron chi connectivity index (χ1n) is 12.8. The molecule has 0 saturated carbocycles. The molecule has 176 valence electrons. The average Bonchev–Trinajstić information content (AvgIpc) is 3.01. The van der Waals surface area contributed by atoms with Gasteiger partial charge in [-0.25, -0.2) is 0 Å². The zero-order valence-corrected chi connectivity index (χ0v) is 22.1. The Hall–Kier alpha value is -1.09. The minimum absolute atomic E-state index is 0. The van der Waals surface area contributed by atoms with Crippen LogP contribution in [0.15, 0.2) is 36.4 Å². The number of aryl methyl sites for hydroxylation is 2. The van der Waals surface area contributed by atoms with Gasteiger partial charge in [0.25, 0.3) is 0 Å². The summed E-state index contributed by atoms with van der Waals surface area (Å²) in [7, 11) is 0. The van der Waals surface area contributed by atoms with E-state index < -0.39 is 0 Å². The fraction of sp³-hybridized carbons (Fsp3) is 0.679. The largest absolute Gasteiger partial charge is 1.00 e. The second-order valence-electron chi connectivity index (χ2n) is 9.19. The molecule has 0 unspecified atom stereocenters. The molecule has 0 N–H and O–H groups in total. The fourth-order valence-corrected chi connectivity index (χ4v) is 4.55. The molecule has 0 amide bonds. The molecule has 0 aliphatic carbocycles. The van der Waals surface area contributed by atoms with Gasteiger partial charge < -0.3 is 17.0 Å². The molecule has 2 aromatic rings. The molecule has 0 atom stereocenters. The predicted octanol–water partition coefficient (Wildman–Crippen LogP) is 4.93. The van der Waals surface area contributed by atoms with E-state index in [4.69, 9.17) is 0 Å². The van der Waals surface area contributed by atoms with Crippen molar-refractivity contribution < 1.29 is 21.7 Å². The molecule has 0 saturated heterocycles. The molecule has 2 rings (SSSR count). The van der Waals surface area contributed by atoms with E-state index in [1.807, 2.05) is 0 Å². The molecule has 0 aliphatic heterocycles. The highest BCUT2D eigenvalue weighted by molar-refractivity contribution is 5.13. The van der Waals surface area contributed by atoms with E-state index in [9.17, 15) is 0 Å². The summed E-state index contributed by atoms with van der Waals surface area (Å²) in [6, 6.07) is 13.2. The number of hydrogen-bond donors (Lipinski definition) is 0. The Morgan fingerprint density at radius 2 is 1.16 bits per heavy atom. The number of hydrogen-bond acceptors (Lipinski definition) is 0. The second-order valence-corrected chi connectivity index (χ2v) is 9.19. The number of rotatable bonds is 17. The Morgan fingerprint density at radius 1 is 0.677 bits per heavy atom. The Kier molecular flexibility index (Phi) is 15.7. The summed E-state index contributed by atoms with van der Waals surface area (Å²) >= 11 is 0. The molecule has 0 aliphatic rings. The first kappa shape index (κ1) is 27.9. The van der Waals surface area contributed by atoms with Gasteiger partial charge in [0.05, 0.1) is 12.2 Å². The second kappa shape index (κ2) is 17.5. The summed E-state index contributed by atoms with van der Waals surface area (Å²) < 4.78 is 4.94. The maximum absolute atomic E-state index is 2.49. The lowest BCUT2D eigenvalue weighted by Gasteiger charge is -2.07. The Morgan fingerprint density at radius 3 is 1.68 bits per heavy atom. The van der Waals surface area contributed by atoms with Crippen molar-refractivity contribution in [2.45, 2.75) is 124 Å². The van der Waals surface area contributed by atoms with Crippen LogP contribution < -0.4 is 21.7 Å². The average molecular weight is 492 g/mol. The van der Waals surface area contributed by atoms with Crippen LogP contribution in [0.4, 0.5) is 0 Å². The van der Waals surface area contributed by atoms with Crippen molar-refractivity contribution in [3.8, 4) is 0 Å². The van der Waals surface area contributed by atoms with E-state index in [1.54, 1.807) is 0 Å². The van der Waals surface area contributed by atoms with Crippen molar-refractivity contribution in [3.63, 3.8) is 0 Å². The first-order valence-corrected chi connectivity index (χ1v) is 12.8. The summed E-state index contributed by atoms with van der Waals surface area (Å²) in [5.41, 5.74) is 4.13. The molecule has 0 spiro atoms. The van der Waals surface area contributed by atoms with Crippen molar-refractivity contribution >= 4 is 0 Å². The third-order valence-electron chi connectivity index (χ3n) is 6.42. The van der Waals surface area contributed by atoms with Crippen LogP contribution in [0.1, 0.15) is 114 Å². The quantitative estimate of drug-likeness (QED) is 0.219. The summed E-state index contributed by atoms with van der Waals surface area (Å²) in [5.74, 6) is 0. The van der Waals surface area contributed by atoms with Gasteiger partial charge in [-0.3, -0.25) is 0 Å². The number of unbranched alkanes of at least 4 members (excludes halogenated alkanes) is 13. The zero-order chi connectivity index (χ0) is 21.4. The maximum atomic E-state index is 2.49. The number of halogens is 1. The summed E-state index contributed by atoms with van der Waals surface area (Å²) in [6.07, 6.45) is 19.9. The summed E-state index contributed by atoms with van der Waals surface area (Å²) in [6.45, 7) is 8.89. The van der Waals surface area contributed by atoms with Gasteiger partial charge in [0, 0.05) is 18.6 Å². The van der Waals surface area contributed by atoms with E-state index >= 15 is 0 Å². The maximum Gasteiger partial charge on any atom is 0.205 e. The monoisotopic (exact) mass is 490 g/mol. The Bertz CT molecular complexity index is 678. The SMILES string of the molecule is CCCCCCCCCCCCCCCCn1c(C)cc(C)[n+]1Cc1ccccc1.[Br-]. The van der Waals surface area contributed by atoms with Crippen molar-refractivity contribution in [2.24, 2.45) is 0 Å². The van der Waals surface area contributed by atoms with E-state index in [2.05, 4.69) is 66.5 Å². The third-order valence-corrected chi connectivity index (χ3v) is 6.42. The van der Waals surface area contributed by atoms with Gasteiger partial charge in [-0.2, -0.15) is 4.68 Å². The van der Waals surface area contributed by atoms with E-state index in [0.717, 1.165) is 13.1 Å². The standard InChI is InChI=1S/C28H47N2.BrH/c1-4-5-6-7-8-9-10-11-12-13-14-15-16-20-23-29-26(2)24-27(3)30(29)25-28-21-18-17-19-22-28;/h17-19,21-22,24H,4-16,20,23,25H2,1-3H3;1H/q+1;/p-1. The topological polar surface area (TPSA) is 8.81 Å². The molecular weight excluding hydrogens is 444 g/mol. The fourth-order valence-electron chi connectivity index (χ4n) is 4.55. The molecule has 31 heavy (non-hydrogen) atoms. The Balaban J connectivity index is 0.00000480. The van der Waals surface area contributed by atoms with Gasteiger partial charge in [0.2, 0.25) is 5.69 Å². The molecule has 1 aromatic heterocycles. The zero-order valence-electron chi connectivity index (χ0n) is 20.6. The number of benzene rings is 1. The number of aromatic nitrogens is 2.